The fraction of sp³-hybridized carbons (Fsp3) is 0.111. The van der Waals surface area contributed by atoms with Gasteiger partial charge in [-0.15, -0.1) is 0 Å². The zero-order valence-electron chi connectivity index (χ0n) is 11.6. The maximum Gasteiger partial charge on any atom is 0.0905 e. The third-order valence-electron chi connectivity index (χ3n) is 3.90. The minimum atomic E-state index is 0.965. The number of fused-ring (bicyclic) bond motifs is 1. The molecule has 0 bridgehead atoms. The minimum Gasteiger partial charge on any atom is -0.339 e. The number of aromatic nitrogens is 1. The molecule has 0 saturated carbocycles. The number of rotatable bonds is 2. The summed E-state index contributed by atoms with van der Waals surface area (Å²) in [5, 5.41) is 0. The van der Waals surface area contributed by atoms with Gasteiger partial charge in [0.1, 0.15) is 0 Å². The van der Waals surface area contributed by atoms with Crippen LogP contribution in [-0.4, -0.2) is 17.7 Å². The molecular weight excluding hydrogens is 258 g/mol. The highest BCUT2D eigenvalue weighted by Crippen LogP contribution is 2.38. The first-order valence-corrected chi connectivity index (χ1v) is 7.14. The number of nitrogens with zero attached hydrogens (tertiary/aromatic N) is 3. The van der Waals surface area contributed by atoms with Crippen molar-refractivity contribution in [1.29, 1.82) is 0 Å². The smallest absolute Gasteiger partial charge is 0.0905 e. The zero-order chi connectivity index (χ0) is 14.1. The summed E-state index contributed by atoms with van der Waals surface area (Å²) in [6.07, 6.45) is 8.73. The van der Waals surface area contributed by atoms with Crippen molar-refractivity contribution in [3.63, 3.8) is 0 Å². The summed E-state index contributed by atoms with van der Waals surface area (Å²) < 4.78 is 0. The Labute approximate surface area is 124 Å². The summed E-state index contributed by atoms with van der Waals surface area (Å²) in [5.41, 5.74) is 5.99. The van der Waals surface area contributed by atoms with E-state index in [2.05, 4.69) is 57.4 Å². The first-order valence-electron chi connectivity index (χ1n) is 7.14. The number of anilines is 1. The van der Waals surface area contributed by atoms with E-state index in [-0.39, 0.29) is 0 Å². The van der Waals surface area contributed by atoms with E-state index >= 15 is 0 Å². The van der Waals surface area contributed by atoms with Crippen LogP contribution >= 0.6 is 0 Å². The van der Waals surface area contributed by atoms with Gasteiger partial charge in [-0.2, -0.15) is 0 Å². The molecule has 3 heterocycles. The summed E-state index contributed by atoms with van der Waals surface area (Å²) in [7, 11) is 0. The fourth-order valence-electron chi connectivity index (χ4n) is 2.92. The molecule has 102 valence electrons. The van der Waals surface area contributed by atoms with Gasteiger partial charge < -0.3 is 4.90 Å². The standard InChI is InChI=1S/C18H15N3/c1-2-4-15(5-3-1)18-17-14(6-12-20-17)9-13-21(18)16-7-10-19-11-8-16/h1-8,10-12H,9,13H2. The Hall–Kier alpha value is -2.68. The summed E-state index contributed by atoms with van der Waals surface area (Å²) in [5.74, 6) is 0. The van der Waals surface area contributed by atoms with Gasteiger partial charge in [0, 0.05) is 36.4 Å². The molecular formula is C18H15N3. The highest BCUT2D eigenvalue weighted by atomic mass is 15.2. The summed E-state index contributed by atoms with van der Waals surface area (Å²) in [6.45, 7) is 0.965. The average molecular weight is 273 g/mol. The van der Waals surface area contributed by atoms with Gasteiger partial charge in [-0.05, 0) is 30.2 Å². The second-order valence-electron chi connectivity index (χ2n) is 5.14. The highest BCUT2D eigenvalue weighted by molar-refractivity contribution is 5.91. The molecule has 0 radical (unpaired) electrons. The molecule has 1 aromatic heterocycles. The second-order valence-corrected chi connectivity index (χ2v) is 5.14. The molecule has 1 aromatic carbocycles. The van der Waals surface area contributed by atoms with Crippen LogP contribution in [-0.2, 0) is 0 Å². The topological polar surface area (TPSA) is 28.5 Å². The number of hydrogen-bond donors (Lipinski definition) is 0. The molecule has 0 N–H and O–H groups in total. The monoisotopic (exact) mass is 273 g/mol. The van der Waals surface area contributed by atoms with Crippen LogP contribution in [0.4, 0.5) is 5.69 Å². The molecule has 0 aliphatic carbocycles. The predicted molar refractivity (Wildman–Crippen MR) is 86.1 cm³/mol. The quantitative estimate of drug-likeness (QED) is 0.835. The number of hydrogen-bond acceptors (Lipinski definition) is 3. The van der Waals surface area contributed by atoms with Gasteiger partial charge in [0.25, 0.3) is 0 Å². The molecule has 0 unspecified atom stereocenters. The molecule has 21 heavy (non-hydrogen) atoms. The lowest BCUT2D eigenvalue weighted by molar-refractivity contribution is 0.875. The van der Waals surface area contributed by atoms with Gasteiger partial charge in [-0.3, -0.25) is 9.98 Å². The molecule has 0 atom stereocenters. The van der Waals surface area contributed by atoms with E-state index in [4.69, 9.17) is 0 Å². The van der Waals surface area contributed by atoms with Crippen molar-refractivity contribution in [3.8, 4) is 0 Å². The van der Waals surface area contributed by atoms with Crippen molar-refractivity contribution < 1.29 is 0 Å². The molecule has 4 rings (SSSR count). The van der Waals surface area contributed by atoms with Gasteiger partial charge in [0.15, 0.2) is 0 Å². The third kappa shape index (κ3) is 2.07. The Bertz CT molecular complexity index is 743. The highest BCUT2D eigenvalue weighted by Gasteiger charge is 2.26. The predicted octanol–water partition coefficient (Wildman–Crippen LogP) is 3.67. The minimum absolute atomic E-state index is 0.965. The molecule has 0 spiro atoms. The van der Waals surface area contributed by atoms with E-state index in [1.165, 1.54) is 16.8 Å². The van der Waals surface area contributed by atoms with Crippen LogP contribution in [0.15, 0.2) is 77.2 Å². The largest absolute Gasteiger partial charge is 0.339 e. The number of pyridine rings is 1. The van der Waals surface area contributed by atoms with Crippen molar-refractivity contribution in [1.82, 2.24) is 4.98 Å². The Morgan fingerprint density at radius 2 is 1.76 bits per heavy atom. The Kier molecular flexibility index (Phi) is 2.89. The number of allylic oxidation sites excluding steroid dienone is 2. The summed E-state index contributed by atoms with van der Waals surface area (Å²) in [4.78, 5) is 11.1. The molecule has 2 aliphatic rings. The van der Waals surface area contributed by atoms with Crippen molar-refractivity contribution in [2.75, 3.05) is 11.4 Å². The normalized spacial score (nSPS) is 17.0. The van der Waals surface area contributed by atoms with Crippen molar-refractivity contribution in [3.05, 3.63) is 77.8 Å². The average Bonchev–Trinajstić information content (AvgIpc) is 3.04. The Balaban J connectivity index is 1.90. The lowest BCUT2D eigenvalue weighted by Gasteiger charge is -2.33. The lowest BCUT2D eigenvalue weighted by Crippen LogP contribution is -2.28. The van der Waals surface area contributed by atoms with Crippen LogP contribution in [0.25, 0.3) is 5.70 Å². The van der Waals surface area contributed by atoms with Crippen LogP contribution in [0.5, 0.6) is 0 Å². The first-order chi connectivity index (χ1) is 10.4. The lowest BCUT2D eigenvalue weighted by atomic mass is 9.98. The first kappa shape index (κ1) is 12.1. The van der Waals surface area contributed by atoms with Crippen molar-refractivity contribution >= 4 is 17.6 Å². The maximum atomic E-state index is 4.60. The Morgan fingerprint density at radius 3 is 2.57 bits per heavy atom. The van der Waals surface area contributed by atoms with Gasteiger partial charge in [0.05, 0.1) is 11.4 Å². The number of benzene rings is 1. The van der Waals surface area contributed by atoms with E-state index in [0.29, 0.717) is 0 Å². The van der Waals surface area contributed by atoms with Crippen molar-refractivity contribution in [2.45, 2.75) is 6.42 Å². The molecule has 3 heteroatoms. The maximum absolute atomic E-state index is 4.60. The van der Waals surface area contributed by atoms with Gasteiger partial charge in [-0.1, -0.05) is 30.3 Å². The van der Waals surface area contributed by atoms with E-state index in [1.807, 2.05) is 24.7 Å². The van der Waals surface area contributed by atoms with Gasteiger partial charge in [-0.25, -0.2) is 0 Å². The van der Waals surface area contributed by atoms with Crippen LogP contribution in [0.3, 0.4) is 0 Å². The second kappa shape index (κ2) is 5.02. The van der Waals surface area contributed by atoms with E-state index in [9.17, 15) is 0 Å². The zero-order valence-corrected chi connectivity index (χ0v) is 11.6. The van der Waals surface area contributed by atoms with Crippen LogP contribution in [0.1, 0.15) is 12.0 Å². The van der Waals surface area contributed by atoms with E-state index < -0.39 is 0 Å². The van der Waals surface area contributed by atoms with Crippen molar-refractivity contribution in [2.24, 2.45) is 4.99 Å². The molecule has 3 nitrogen and oxygen atoms in total. The van der Waals surface area contributed by atoms with Crippen LogP contribution in [0.2, 0.25) is 0 Å². The summed E-state index contributed by atoms with van der Waals surface area (Å²) >= 11 is 0. The summed E-state index contributed by atoms with van der Waals surface area (Å²) in [6, 6.07) is 14.6. The van der Waals surface area contributed by atoms with Crippen LogP contribution < -0.4 is 4.90 Å². The number of aliphatic imine (C=N–C) groups is 1. The SMILES string of the molecule is C1=NC2=C(c3ccccc3)N(c3ccncc3)CCC2=C1. The van der Waals surface area contributed by atoms with E-state index in [1.54, 1.807) is 0 Å². The molecule has 2 aliphatic heterocycles. The fourth-order valence-corrected chi connectivity index (χ4v) is 2.92. The van der Waals surface area contributed by atoms with Gasteiger partial charge in [0.2, 0.25) is 0 Å². The molecule has 0 amide bonds. The van der Waals surface area contributed by atoms with E-state index in [0.717, 1.165) is 24.4 Å². The van der Waals surface area contributed by atoms with Gasteiger partial charge >= 0.3 is 0 Å². The molecule has 0 fully saturated rings. The Morgan fingerprint density at radius 1 is 0.952 bits per heavy atom. The molecule has 0 saturated heterocycles. The third-order valence-corrected chi connectivity index (χ3v) is 3.90. The van der Waals surface area contributed by atoms with Crippen LogP contribution in [0, 0.1) is 0 Å². The molecule has 2 aromatic rings.